The Morgan fingerprint density at radius 2 is 2.24 bits per heavy atom. The lowest BCUT2D eigenvalue weighted by Gasteiger charge is -2.16. The van der Waals surface area contributed by atoms with Crippen LogP contribution < -0.4 is 15.8 Å². The van der Waals surface area contributed by atoms with Crippen LogP contribution in [0, 0.1) is 5.82 Å². The Morgan fingerprint density at radius 1 is 1.52 bits per heavy atom. The topological polar surface area (TPSA) is 64.3 Å². The molecule has 3 N–H and O–H groups in total. The molecular formula is C16H23FN2O2. The van der Waals surface area contributed by atoms with Crippen molar-refractivity contribution >= 4 is 5.91 Å². The molecule has 5 heteroatoms. The predicted molar refractivity (Wildman–Crippen MR) is 79.6 cm³/mol. The van der Waals surface area contributed by atoms with Gasteiger partial charge in [0.15, 0.2) is 17.7 Å². The summed E-state index contributed by atoms with van der Waals surface area (Å²) in [5.74, 6) is -0.557. The summed E-state index contributed by atoms with van der Waals surface area (Å²) < 4.78 is 19.4. The van der Waals surface area contributed by atoms with Crippen LogP contribution in [0.4, 0.5) is 4.39 Å². The Kier molecular flexibility index (Phi) is 5.17. The highest BCUT2D eigenvalue weighted by Crippen LogP contribution is 2.22. The Hall–Kier alpha value is -1.62. The smallest absolute Gasteiger partial charge is 0.260 e. The average molecular weight is 294 g/mol. The highest BCUT2D eigenvalue weighted by Gasteiger charge is 2.26. The number of carbonyl (C=O) groups excluding carboxylic acids is 1. The largest absolute Gasteiger partial charge is 0.478 e. The van der Waals surface area contributed by atoms with Crippen molar-refractivity contribution in [3.8, 4) is 5.75 Å². The molecule has 2 atom stereocenters. The van der Waals surface area contributed by atoms with E-state index in [4.69, 9.17) is 10.5 Å². The van der Waals surface area contributed by atoms with Gasteiger partial charge in [0.1, 0.15) is 0 Å². The maximum absolute atomic E-state index is 14.0. The fraction of sp³-hybridized carbons (Fsp3) is 0.562. The molecule has 1 amide bonds. The van der Waals surface area contributed by atoms with Crippen molar-refractivity contribution in [2.24, 2.45) is 5.73 Å². The van der Waals surface area contributed by atoms with Gasteiger partial charge in [-0.1, -0.05) is 13.0 Å². The third-order valence-corrected chi connectivity index (χ3v) is 3.62. The first-order valence-electron chi connectivity index (χ1n) is 7.50. The van der Waals surface area contributed by atoms with Crippen molar-refractivity contribution < 1.29 is 13.9 Å². The van der Waals surface area contributed by atoms with Gasteiger partial charge in [-0.3, -0.25) is 4.79 Å². The third-order valence-electron chi connectivity index (χ3n) is 3.62. The molecule has 0 aromatic heterocycles. The molecule has 1 aliphatic rings. The van der Waals surface area contributed by atoms with Gasteiger partial charge in [-0.2, -0.15) is 0 Å². The Labute approximate surface area is 124 Å². The zero-order valence-corrected chi connectivity index (χ0v) is 12.6. The molecule has 0 bridgehead atoms. The van der Waals surface area contributed by atoms with E-state index in [9.17, 15) is 9.18 Å². The van der Waals surface area contributed by atoms with Gasteiger partial charge in [-0.15, -0.1) is 0 Å². The van der Waals surface area contributed by atoms with Crippen LogP contribution in [0.3, 0.4) is 0 Å². The van der Waals surface area contributed by atoms with Crippen LogP contribution in [0.1, 0.15) is 38.7 Å². The molecule has 1 fully saturated rings. The van der Waals surface area contributed by atoms with Crippen molar-refractivity contribution in [1.82, 2.24) is 5.32 Å². The second-order valence-corrected chi connectivity index (χ2v) is 5.68. The van der Waals surface area contributed by atoms with Gasteiger partial charge >= 0.3 is 0 Å². The second-order valence-electron chi connectivity index (χ2n) is 5.68. The first-order valence-corrected chi connectivity index (χ1v) is 7.50. The molecule has 0 aliphatic heterocycles. The van der Waals surface area contributed by atoms with E-state index in [0.29, 0.717) is 6.42 Å². The first-order chi connectivity index (χ1) is 9.99. The number of carbonyl (C=O) groups is 1. The summed E-state index contributed by atoms with van der Waals surface area (Å²) in [4.78, 5) is 11.8. The number of halogens is 1. The van der Waals surface area contributed by atoms with E-state index >= 15 is 0 Å². The second kappa shape index (κ2) is 6.89. The monoisotopic (exact) mass is 294 g/mol. The van der Waals surface area contributed by atoms with Crippen molar-refractivity contribution in [1.29, 1.82) is 0 Å². The summed E-state index contributed by atoms with van der Waals surface area (Å²) in [6, 6.07) is 5.08. The van der Waals surface area contributed by atoms with Crippen LogP contribution in [0.25, 0.3) is 0 Å². The summed E-state index contributed by atoms with van der Waals surface area (Å²) in [6.07, 6.45) is 2.80. The molecule has 1 aliphatic carbocycles. The lowest BCUT2D eigenvalue weighted by atomic mass is 10.0. The van der Waals surface area contributed by atoms with Crippen molar-refractivity contribution in [2.75, 3.05) is 0 Å². The molecule has 116 valence electrons. The maximum atomic E-state index is 14.0. The van der Waals surface area contributed by atoms with Crippen LogP contribution in [-0.2, 0) is 11.2 Å². The Bertz CT molecular complexity index is 503. The number of nitrogens with two attached hydrogens (primary N) is 1. The summed E-state index contributed by atoms with van der Waals surface area (Å²) in [5.41, 5.74) is 6.70. The van der Waals surface area contributed by atoms with Gasteiger partial charge in [-0.25, -0.2) is 4.39 Å². The average Bonchev–Trinajstić information content (AvgIpc) is 3.25. The number of rotatable bonds is 7. The van der Waals surface area contributed by atoms with E-state index in [-0.39, 0.29) is 23.7 Å². The van der Waals surface area contributed by atoms with Crippen LogP contribution >= 0.6 is 0 Å². The van der Waals surface area contributed by atoms with Gasteiger partial charge < -0.3 is 15.8 Å². The van der Waals surface area contributed by atoms with E-state index in [2.05, 4.69) is 5.32 Å². The summed E-state index contributed by atoms with van der Waals surface area (Å²) in [5, 5.41) is 2.84. The Balaban J connectivity index is 1.94. The van der Waals surface area contributed by atoms with Crippen LogP contribution in [0.15, 0.2) is 18.2 Å². The van der Waals surface area contributed by atoms with Gasteiger partial charge in [0.05, 0.1) is 0 Å². The fourth-order valence-corrected chi connectivity index (χ4v) is 2.00. The van der Waals surface area contributed by atoms with Gasteiger partial charge in [0.25, 0.3) is 5.91 Å². The molecule has 2 unspecified atom stereocenters. The summed E-state index contributed by atoms with van der Waals surface area (Å²) >= 11 is 0. The molecule has 1 aromatic rings. The highest BCUT2D eigenvalue weighted by atomic mass is 19.1. The molecule has 1 aromatic carbocycles. The number of benzene rings is 1. The number of amides is 1. The molecule has 1 saturated carbocycles. The standard InChI is InChI=1S/C16H23FN2O2/c1-3-12(18)8-11-4-7-15(14(17)9-11)21-10(2)16(20)19-13-5-6-13/h4,7,9-10,12-13H,3,5-6,8,18H2,1-2H3,(H,19,20). The summed E-state index contributed by atoms with van der Waals surface area (Å²) in [6.45, 7) is 3.62. The zero-order valence-electron chi connectivity index (χ0n) is 12.6. The Morgan fingerprint density at radius 3 is 2.81 bits per heavy atom. The van der Waals surface area contributed by atoms with E-state index in [1.54, 1.807) is 19.1 Å². The predicted octanol–water partition coefficient (Wildman–Crippen LogP) is 2.15. The minimum absolute atomic E-state index is 0.0272. The van der Waals surface area contributed by atoms with Gasteiger partial charge in [-0.05, 0) is 50.3 Å². The van der Waals surface area contributed by atoms with Crippen molar-refractivity contribution in [2.45, 2.75) is 57.7 Å². The van der Waals surface area contributed by atoms with Crippen LogP contribution in [0.5, 0.6) is 5.75 Å². The molecule has 0 saturated heterocycles. The van der Waals surface area contributed by atoms with Crippen molar-refractivity contribution in [3.05, 3.63) is 29.6 Å². The first kappa shape index (κ1) is 15.8. The number of nitrogens with one attached hydrogen (secondary N) is 1. The van der Waals surface area contributed by atoms with E-state index in [1.165, 1.54) is 6.07 Å². The quantitative estimate of drug-likeness (QED) is 0.810. The summed E-state index contributed by atoms with van der Waals surface area (Å²) in [7, 11) is 0. The molecular weight excluding hydrogens is 271 g/mol. The minimum atomic E-state index is -0.705. The third kappa shape index (κ3) is 4.70. The maximum Gasteiger partial charge on any atom is 0.260 e. The normalized spacial score (nSPS) is 17.1. The van der Waals surface area contributed by atoms with Crippen molar-refractivity contribution in [3.63, 3.8) is 0 Å². The highest BCUT2D eigenvalue weighted by molar-refractivity contribution is 5.81. The fourth-order valence-electron chi connectivity index (χ4n) is 2.00. The van der Waals surface area contributed by atoms with Gasteiger partial charge in [0.2, 0.25) is 0 Å². The molecule has 0 spiro atoms. The molecule has 21 heavy (non-hydrogen) atoms. The SMILES string of the molecule is CCC(N)Cc1ccc(OC(C)C(=O)NC2CC2)c(F)c1. The van der Waals surface area contributed by atoms with Gasteiger partial charge in [0, 0.05) is 12.1 Å². The molecule has 4 nitrogen and oxygen atoms in total. The number of hydrogen-bond donors (Lipinski definition) is 2. The van der Waals surface area contributed by atoms with E-state index < -0.39 is 11.9 Å². The molecule has 0 heterocycles. The lowest BCUT2D eigenvalue weighted by molar-refractivity contribution is -0.127. The number of ether oxygens (including phenoxy) is 1. The van der Waals surface area contributed by atoms with E-state index in [1.807, 2.05) is 6.92 Å². The van der Waals surface area contributed by atoms with Crippen LogP contribution in [-0.4, -0.2) is 24.1 Å². The van der Waals surface area contributed by atoms with E-state index in [0.717, 1.165) is 24.8 Å². The minimum Gasteiger partial charge on any atom is -0.478 e. The zero-order chi connectivity index (χ0) is 15.4. The number of hydrogen-bond acceptors (Lipinski definition) is 3. The molecule has 2 rings (SSSR count). The van der Waals surface area contributed by atoms with Crippen LogP contribution in [0.2, 0.25) is 0 Å². The lowest BCUT2D eigenvalue weighted by Crippen LogP contribution is -2.37. The molecule has 0 radical (unpaired) electrons.